The maximum atomic E-state index is 12.8. The summed E-state index contributed by atoms with van der Waals surface area (Å²) in [5, 5.41) is 7.23. The Hall–Kier alpha value is -3.62. The minimum absolute atomic E-state index is 0.196. The van der Waals surface area contributed by atoms with Crippen molar-refractivity contribution < 1.29 is 14.3 Å². The molecular formula is C21H23N5O4. The van der Waals surface area contributed by atoms with E-state index in [1.54, 1.807) is 22.9 Å². The number of ether oxygens (including phenoxy) is 2. The predicted molar refractivity (Wildman–Crippen MR) is 111 cm³/mol. The quantitative estimate of drug-likeness (QED) is 0.692. The summed E-state index contributed by atoms with van der Waals surface area (Å²) >= 11 is 0. The second kappa shape index (κ2) is 8.02. The van der Waals surface area contributed by atoms with E-state index >= 15 is 0 Å². The van der Waals surface area contributed by atoms with Crippen molar-refractivity contribution >= 4 is 11.6 Å². The van der Waals surface area contributed by atoms with Crippen LogP contribution in [-0.2, 0) is 17.8 Å². The second-order valence-corrected chi connectivity index (χ2v) is 7.07. The van der Waals surface area contributed by atoms with E-state index in [1.165, 1.54) is 10.6 Å². The van der Waals surface area contributed by atoms with Crippen molar-refractivity contribution in [2.24, 2.45) is 0 Å². The molecule has 156 valence electrons. The van der Waals surface area contributed by atoms with E-state index in [1.807, 2.05) is 26.8 Å². The van der Waals surface area contributed by atoms with E-state index in [0.717, 1.165) is 11.4 Å². The normalized spacial score (nSPS) is 12.6. The first-order valence-corrected chi connectivity index (χ1v) is 9.78. The SMILES string of the molecule is CCc1cc(=O)n(CC(=O)Nc2ccc3c(c2)OCCO3)c(-n2nc(C)cc2C)n1. The summed E-state index contributed by atoms with van der Waals surface area (Å²) in [7, 11) is 0. The van der Waals surface area contributed by atoms with Crippen molar-refractivity contribution in [1.82, 2.24) is 19.3 Å². The van der Waals surface area contributed by atoms with Gasteiger partial charge in [0.1, 0.15) is 19.8 Å². The van der Waals surface area contributed by atoms with Gasteiger partial charge in [-0.15, -0.1) is 0 Å². The number of amides is 1. The minimum atomic E-state index is -0.359. The highest BCUT2D eigenvalue weighted by Gasteiger charge is 2.17. The standard InChI is InChI=1S/C21H23N5O4/c1-4-15-11-20(28)25(21(23-15)26-14(3)9-13(2)24-26)12-19(27)22-16-5-6-17-18(10-16)30-8-7-29-17/h5-6,9-11H,4,7-8,12H2,1-3H3,(H,22,27). The number of carbonyl (C=O) groups is 1. The molecular weight excluding hydrogens is 386 g/mol. The van der Waals surface area contributed by atoms with E-state index < -0.39 is 0 Å². The van der Waals surface area contributed by atoms with Crippen LogP contribution in [0.3, 0.4) is 0 Å². The Morgan fingerprint density at radius 2 is 1.90 bits per heavy atom. The summed E-state index contributed by atoms with van der Waals surface area (Å²) in [6.45, 7) is 6.43. The molecule has 0 fully saturated rings. The molecule has 0 radical (unpaired) electrons. The van der Waals surface area contributed by atoms with Gasteiger partial charge in [0, 0.05) is 29.2 Å². The van der Waals surface area contributed by atoms with Gasteiger partial charge in [0.2, 0.25) is 11.9 Å². The highest BCUT2D eigenvalue weighted by molar-refractivity contribution is 5.91. The van der Waals surface area contributed by atoms with Gasteiger partial charge in [0.15, 0.2) is 11.5 Å². The summed E-state index contributed by atoms with van der Waals surface area (Å²) in [5.74, 6) is 1.18. The van der Waals surface area contributed by atoms with Gasteiger partial charge < -0.3 is 14.8 Å². The van der Waals surface area contributed by atoms with Crippen LogP contribution < -0.4 is 20.3 Å². The molecule has 9 heteroatoms. The summed E-state index contributed by atoms with van der Waals surface area (Å²) in [6.07, 6.45) is 0.603. The lowest BCUT2D eigenvalue weighted by Gasteiger charge is -2.19. The lowest BCUT2D eigenvalue weighted by molar-refractivity contribution is -0.116. The molecule has 1 aliphatic heterocycles. The van der Waals surface area contributed by atoms with Crippen LogP contribution >= 0.6 is 0 Å². The number of aryl methyl sites for hydroxylation is 3. The van der Waals surface area contributed by atoms with Crippen molar-refractivity contribution in [1.29, 1.82) is 0 Å². The number of nitrogens with one attached hydrogen (secondary N) is 1. The lowest BCUT2D eigenvalue weighted by Crippen LogP contribution is -2.32. The van der Waals surface area contributed by atoms with Crippen LogP contribution in [0.15, 0.2) is 35.1 Å². The van der Waals surface area contributed by atoms with Gasteiger partial charge in [-0.25, -0.2) is 9.67 Å². The number of hydrogen-bond acceptors (Lipinski definition) is 6. The van der Waals surface area contributed by atoms with E-state index in [0.29, 0.717) is 48.5 Å². The first-order chi connectivity index (χ1) is 14.4. The van der Waals surface area contributed by atoms with Crippen LogP contribution in [-0.4, -0.2) is 38.5 Å². The average molecular weight is 409 g/mol. The Morgan fingerprint density at radius 1 is 1.13 bits per heavy atom. The molecule has 3 heterocycles. The fourth-order valence-corrected chi connectivity index (χ4v) is 3.33. The number of aromatic nitrogens is 4. The number of anilines is 1. The molecule has 1 aliphatic rings. The molecule has 0 spiro atoms. The van der Waals surface area contributed by atoms with E-state index in [2.05, 4.69) is 15.4 Å². The Labute approximate surface area is 173 Å². The number of fused-ring (bicyclic) bond motifs is 1. The van der Waals surface area contributed by atoms with Gasteiger partial charge in [0.25, 0.3) is 5.56 Å². The van der Waals surface area contributed by atoms with Crippen LogP contribution in [0.25, 0.3) is 5.95 Å². The molecule has 0 unspecified atom stereocenters. The van der Waals surface area contributed by atoms with E-state index in [9.17, 15) is 9.59 Å². The smallest absolute Gasteiger partial charge is 0.255 e. The zero-order chi connectivity index (χ0) is 21.3. The molecule has 9 nitrogen and oxygen atoms in total. The van der Waals surface area contributed by atoms with Crippen LogP contribution in [0.1, 0.15) is 24.0 Å². The van der Waals surface area contributed by atoms with Gasteiger partial charge in [-0.3, -0.25) is 14.2 Å². The Bertz CT molecular complexity index is 1160. The summed E-state index contributed by atoms with van der Waals surface area (Å²) in [6, 6.07) is 8.52. The topological polar surface area (TPSA) is 100 Å². The third-order valence-electron chi connectivity index (χ3n) is 4.73. The summed E-state index contributed by atoms with van der Waals surface area (Å²) < 4.78 is 14.0. The first-order valence-electron chi connectivity index (χ1n) is 9.78. The monoisotopic (exact) mass is 409 g/mol. The van der Waals surface area contributed by atoms with Gasteiger partial charge in [-0.1, -0.05) is 6.92 Å². The van der Waals surface area contributed by atoms with E-state index in [4.69, 9.17) is 9.47 Å². The largest absolute Gasteiger partial charge is 0.486 e. The third-order valence-corrected chi connectivity index (χ3v) is 4.73. The predicted octanol–water partition coefficient (Wildman–Crippen LogP) is 2.02. The van der Waals surface area contributed by atoms with Crippen molar-refractivity contribution in [2.75, 3.05) is 18.5 Å². The Morgan fingerprint density at radius 3 is 2.60 bits per heavy atom. The fourth-order valence-electron chi connectivity index (χ4n) is 3.33. The fraction of sp³-hybridized carbons (Fsp3) is 0.333. The van der Waals surface area contributed by atoms with Crippen LogP contribution in [0.4, 0.5) is 5.69 Å². The number of carbonyl (C=O) groups excluding carboxylic acids is 1. The van der Waals surface area contributed by atoms with E-state index in [-0.39, 0.29) is 18.0 Å². The van der Waals surface area contributed by atoms with Gasteiger partial charge in [-0.2, -0.15) is 5.10 Å². The van der Waals surface area contributed by atoms with Gasteiger partial charge >= 0.3 is 0 Å². The number of hydrogen-bond donors (Lipinski definition) is 1. The molecule has 30 heavy (non-hydrogen) atoms. The van der Waals surface area contributed by atoms with Gasteiger partial charge in [-0.05, 0) is 38.5 Å². The number of nitrogens with zero attached hydrogens (tertiary/aromatic N) is 4. The molecule has 0 bridgehead atoms. The molecule has 0 atom stereocenters. The minimum Gasteiger partial charge on any atom is -0.486 e. The molecule has 4 rings (SSSR count). The van der Waals surface area contributed by atoms with Crippen molar-refractivity contribution in [3.8, 4) is 17.4 Å². The number of benzene rings is 1. The molecule has 1 aromatic carbocycles. The zero-order valence-corrected chi connectivity index (χ0v) is 17.1. The zero-order valence-electron chi connectivity index (χ0n) is 17.1. The molecule has 3 aromatic rings. The summed E-state index contributed by atoms with van der Waals surface area (Å²) in [5.41, 5.74) is 2.53. The Balaban J connectivity index is 1.63. The molecule has 1 N–H and O–H groups in total. The van der Waals surface area contributed by atoms with Crippen LogP contribution in [0.5, 0.6) is 11.5 Å². The maximum absolute atomic E-state index is 12.8. The molecule has 1 amide bonds. The first kappa shape index (κ1) is 19.7. The van der Waals surface area contributed by atoms with Gasteiger partial charge in [0.05, 0.1) is 5.69 Å². The van der Waals surface area contributed by atoms with Crippen LogP contribution in [0, 0.1) is 13.8 Å². The summed E-state index contributed by atoms with van der Waals surface area (Å²) in [4.78, 5) is 30.0. The van der Waals surface area contributed by atoms with Crippen molar-refractivity contribution in [3.63, 3.8) is 0 Å². The molecule has 0 saturated carbocycles. The maximum Gasteiger partial charge on any atom is 0.255 e. The lowest BCUT2D eigenvalue weighted by atomic mass is 10.2. The molecule has 0 saturated heterocycles. The van der Waals surface area contributed by atoms with Crippen molar-refractivity contribution in [3.05, 3.63) is 57.8 Å². The highest BCUT2D eigenvalue weighted by atomic mass is 16.6. The average Bonchev–Trinajstić information content (AvgIpc) is 3.07. The molecule has 0 aliphatic carbocycles. The Kier molecular flexibility index (Phi) is 5.26. The van der Waals surface area contributed by atoms with Crippen molar-refractivity contribution in [2.45, 2.75) is 33.7 Å². The third kappa shape index (κ3) is 3.91. The molecule has 2 aromatic heterocycles. The highest BCUT2D eigenvalue weighted by Crippen LogP contribution is 2.32. The number of rotatable bonds is 5. The second-order valence-electron chi connectivity index (χ2n) is 7.07. The van der Waals surface area contributed by atoms with Crippen LogP contribution in [0.2, 0.25) is 0 Å².